The molecule has 5 heteroatoms. The average molecular weight is 263 g/mol. The van der Waals surface area contributed by atoms with Gasteiger partial charge < -0.3 is 15.5 Å². The third-order valence-corrected chi connectivity index (χ3v) is 3.65. The summed E-state index contributed by atoms with van der Waals surface area (Å²) >= 11 is 0. The Labute approximate surface area is 115 Å². The Bertz CT molecular complexity index is 407. The molecule has 0 spiro atoms. The van der Waals surface area contributed by atoms with Gasteiger partial charge in [-0.1, -0.05) is 0 Å². The molecule has 1 saturated heterocycles. The lowest BCUT2D eigenvalue weighted by Crippen LogP contribution is -2.39. The van der Waals surface area contributed by atoms with Crippen LogP contribution in [0.15, 0.2) is 12.4 Å². The third kappa shape index (κ3) is 3.80. The number of hydrogen-bond acceptors (Lipinski definition) is 5. The molecule has 5 nitrogen and oxygen atoms in total. The van der Waals surface area contributed by atoms with E-state index in [2.05, 4.69) is 53.3 Å². The van der Waals surface area contributed by atoms with E-state index in [1.165, 1.54) is 12.8 Å². The van der Waals surface area contributed by atoms with Crippen molar-refractivity contribution in [2.75, 3.05) is 30.4 Å². The molecule has 1 atom stereocenters. The molecule has 1 fully saturated rings. The minimum absolute atomic E-state index is 0.0536. The van der Waals surface area contributed by atoms with Gasteiger partial charge in [0.25, 0.3) is 0 Å². The summed E-state index contributed by atoms with van der Waals surface area (Å²) in [7, 11) is 2.06. The lowest BCUT2D eigenvalue weighted by molar-refractivity contribution is 0.479. The second kappa shape index (κ2) is 5.74. The van der Waals surface area contributed by atoms with E-state index in [-0.39, 0.29) is 5.54 Å². The maximum Gasteiger partial charge on any atom is 0.134 e. The molecule has 2 rings (SSSR count). The van der Waals surface area contributed by atoms with E-state index in [1.807, 2.05) is 6.07 Å². The fraction of sp³-hybridized carbons (Fsp3) is 0.714. The molecule has 1 unspecified atom stereocenters. The molecule has 0 bridgehead atoms. The number of rotatable bonds is 3. The molecule has 1 aromatic rings. The van der Waals surface area contributed by atoms with Gasteiger partial charge in [-0.25, -0.2) is 9.97 Å². The van der Waals surface area contributed by atoms with Crippen LogP contribution in [0.5, 0.6) is 0 Å². The lowest BCUT2D eigenvalue weighted by atomic mass is 10.1. The van der Waals surface area contributed by atoms with Crippen LogP contribution in [0.1, 0.15) is 33.6 Å². The zero-order valence-electron chi connectivity index (χ0n) is 12.4. The highest BCUT2D eigenvalue weighted by molar-refractivity contribution is 5.49. The predicted octanol–water partition coefficient (Wildman–Crippen LogP) is 1.88. The van der Waals surface area contributed by atoms with Crippen molar-refractivity contribution in [3.05, 3.63) is 12.4 Å². The second-order valence-corrected chi connectivity index (χ2v) is 6.18. The van der Waals surface area contributed by atoms with Crippen LogP contribution >= 0.6 is 0 Å². The molecule has 0 aromatic carbocycles. The molecule has 2 N–H and O–H groups in total. The topological polar surface area (TPSA) is 53.1 Å². The SMILES string of the molecule is CN(c1cc(NC2CCCNC2)ncn1)C(C)(C)C. The molecule has 0 radical (unpaired) electrons. The molecule has 19 heavy (non-hydrogen) atoms. The van der Waals surface area contributed by atoms with Crippen LogP contribution in [0.3, 0.4) is 0 Å². The highest BCUT2D eigenvalue weighted by Gasteiger charge is 2.19. The van der Waals surface area contributed by atoms with E-state index in [9.17, 15) is 0 Å². The minimum Gasteiger partial charge on any atom is -0.366 e. The van der Waals surface area contributed by atoms with E-state index in [0.717, 1.165) is 24.7 Å². The van der Waals surface area contributed by atoms with Crippen LogP contribution in [-0.2, 0) is 0 Å². The number of anilines is 2. The van der Waals surface area contributed by atoms with Gasteiger partial charge in [0.1, 0.15) is 18.0 Å². The van der Waals surface area contributed by atoms with Gasteiger partial charge in [0.2, 0.25) is 0 Å². The largest absolute Gasteiger partial charge is 0.366 e. The van der Waals surface area contributed by atoms with Gasteiger partial charge in [-0.3, -0.25) is 0 Å². The monoisotopic (exact) mass is 263 g/mol. The number of nitrogens with zero attached hydrogens (tertiary/aromatic N) is 3. The average Bonchev–Trinajstić information content (AvgIpc) is 2.38. The van der Waals surface area contributed by atoms with Crippen molar-refractivity contribution in [3.63, 3.8) is 0 Å². The zero-order chi connectivity index (χ0) is 13.9. The van der Waals surface area contributed by atoms with Crippen LogP contribution in [0.25, 0.3) is 0 Å². The first-order chi connectivity index (χ1) is 8.97. The van der Waals surface area contributed by atoms with Crippen molar-refractivity contribution < 1.29 is 0 Å². The fourth-order valence-electron chi connectivity index (χ4n) is 2.14. The summed E-state index contributed by atoms with van der Waals surface area (Å²) in [5, 5.41) is 6.89. The summed E-state index contributed by atoms with van der Waals surface area (Å²) < 4.78 is 0. The zero-order valence-corrected chi connectivity index (χ0v) is 12.4. The number of hydrogen-bond donors (Lipinski definition) is 2. The van der Waals surface area contributed by atoms with E-state index in [0.29, 0.717) is 6.04 Å². The van der Waals surface area contributed by atoms with Gasteiger partial charge in [0.05, 0.1) is 0 Å². The molecule has 106 valence electrons. The highest BCUT2D eigenvalue weighted by atomic mass is 15.2. The molecule has 0 amide bonds. The Kier molecular flexibility index (Phi) is 4.24. The summed E-state index contributed by atoms with van der Waals surface area (Å²) in [5.41, 5.74) is 0.0536. The number of nitrogens with one attached hydrogen (secondary N) is 2. The van der Waals surface area contributed by atoms with Crippen molar-refractivity contribution in [3.8, 4) is 0 Å². The van der Waals surface area contributed by atoms with Crippen LogP contribution in [-0.4, -0.2) is 41.7 Å². The molecular weight excluding hydrogens is 238 g/mol. The maximum absolute atomic E-state index is 4.36. The van der Waals surface area contributed by atoms with Crippen LogP contribution in [0.2, 0.25) is 0 Å². The third-order valence-electron chi connectivity index (χ3n) is 3.65. The Morgan fingerprint density at radius 1 is 1.37 bits per heavy atom. The van der Waals surface area contributed by atoms with Gasteiger partial charge in [0.15, 0.2) is 0 Å². The van der Waals surface area contributed by atoms with Gasteiger partial charge in [-0.2, -0.15) is 0 Å². The van der Waals surface area contributed by atoms with Crippen molar-refractivity contribution in [2.45, 2.75) is 45.2 Å². The summed E-state index contributed by atoms with van der Waals surface area (Å²) in [4.78, 5) is 10.8. The van der Waals surface area contributed by atoms with E-state index >= 15 is 0 Å². The number of aromatic nitrogens is 2. The van der Waals surface area contributed by atoms with Gasteiger partial charge in [0, 0.05) is 31.2 Å². The Morgan fingerprint density at radius 2 is 2.16 bits per heavy atom. The quantitative estimate of drug-likeness (QED) is 0.872. The highest BCUT2D eigenvalue weighted by Crippen LogP contribution is 2.21. The molecular formula is C14H25N5. The second-order valence-electron chi connectivity index (χ2n) is 6.18. The summed E-state index contributed by atoms with van der Waals surface area (Å²) in [6.07, 6.45) is 4.05. The lowest BCUT2D eigenvalue weighted by Gasteiger charge is -2.33. The van der Waals surface area contributed by atoms with Crippen LogP contribution < -0.4 is 15.5 Å². The molecule has 1 aliphatic heterocycles. The molecule has 1 aromatic heterocycles. The molecule has 1 aliphatic rings. The summed E-state index contributed by atoms with van der Waals surface area (Å²) in [6.45, 7) is 8.65. The van der Waals surface area contributed by atoms with Crippen molar-refractivity contribution in [2.24, 2.45) is 0 Å². The van der Waals surface area contributed by atoms with E-state index in [4.69, 9.17) is 0 Å². The Balaban J connectivity index is 2.06. The van der Waals surface area contributed by atoms with Crippen LogP contribution in [0, 0.1) is 0 Å². The maximum atomic E-state index is 4.36. The van der Waals surface area contributed by atoms with E-state index < -0.39 is 0 Å². The summed E-state index contributed by atoms with van der Waals surface area (Å²) in [5.74, 6) is 1.86. The van der Waals surface area contributed by atoms with Gasteiger partial charge >= 0.3 is 0 Å². The summed E-state index contributed by atoms with van der Waals surface area (Å²) in [6, 6.07) is 2.50. The first-order valence-electron chi connectivity index (χ1n) is 7.00. The Hall–Kier alpha value is -1.36. The van der Waals surface area contributed by atoms with Crippen molar-refractivity contribution in [1.29, 1.82) is 0 Å². The molecule has 0 aliphatic carbocycles. The Morgan fingerprint density at radius 3 is 2.79 bits per heavy atom. The standard InChI is InChI=1S/C14H25N5/c1-14(2,3)19(4)13-8-12(16-10-17-13)18-11-6-5-7-15-9-11/h8,10-11,15H,5-7,9H2,1-4H3,(H,16,17,18). The van der Waals surface area contributed by atoms with Gasteiger partial charge in [-0.15, -0.1) is 0 Å². The fourth-order valence-corrected chi connectivity index (χ4v) is 2.14. The number of piperidine rings is 1. The predicted molar refractivity (Wildman–Crippen MR) is 79.7 cm³/mol. The minimum atomic E-state index is 0.0536. The molecule has 0 saturated carbocycles. The first-order valence-corrected chi connectivity index (χ1v) is 7.00. The van der Waals surface area contributed by atoms with Crippen molar-refractivity contribution in [1.82, 2.24) is 15.3 Å². The smallest absolute Gasteiger partial charge is 0.134 e. The molecule has 2 heterocycles. The van der Waals surface area contributed by atoms with Crippen molar-refractivity contribution >= 4 is 11.6 Å². The van der Waals surface area contributed by atoms with Crippen LogP contribution in [0.4, 0.5) is 11.6 Å². The van der Waals surface area contributed by atoms with E-state index in [1.54, 1.807) is 6.33 Å². The van der Waals surface area contributed by atoms with Gasteiger partial charge in [-0.05, 0) is 40.2 Å². The normalized spacial score (nSPS) is 20.1. The first kappa shape index (κ1) is 14.1.